The molecule has 4 nitrogen and oxygen atoms in total. The first kappa shape index (κ1) is 20.4. The molecule has 0 unspecified atom stereocenters. The van der Waals surface area contributed by atoms with Gasteiger partial charge in [0.05, 0.1) is 44.5 Å². The van der Waals surface area contributed by atoms with E-state index < -0.39 is 0 Å². The van der Waals surface area contributed by atoms with Crippen molar-refractivity contribution in [2.45, 2.75) is 25.3 Å². The quantitative estimate of drug-likeness (QED) is 0.510. The molecular weight excluding hydrogens is 431 g/mol. The van der Waals surface area contributed by atoms with Crippen LogP contribution in [0.4, 0.5) is 0 Å². The maximum Gasteiger partial charge on any atom is 0.254 e. The van der Waals surface area contributed by atoms with Gasteiger partial charge in [-0.15, -0.1) is 0 Å². The Morgan fingerprint density at radius 3 is 2.69 bits per heavy atom. The number of fused-ring (bicyclic) bond motifs is 1. The first-order chi connectivity index (χ1) is 14.0. The lowest BCUT2D eigenvalue weighted by molar-refractivity contribution is 0.0505. The molecule has 1 aliphatic heterocycles. The van der Waals surface area contributed by atoms with Crippen molar-refractivity contribution in [1.29, 1.82) is 0 Å². The van der Waals surface area contributed by atoms with Gasteiger partial charge in [-0.2, -0.15) is 0 Å². The molecule has 0 aliphatic carbocycles. The normalized spacial score (nSPS) is 17.0. The summed E-state index contributed by atoms with van der Waals surface area (Å²) >= 11 is 18.7. The minimum Gasteiger partial charge on any atom is -0.394 e. The molecule has 0 radical (unpaired) electrons. The summed E-state index contributed by atoms with van der Waals surface area (Å²) in [4.78, 5) is 19.9. The molecule has 3 aromatic rings. The summed E-state index contributed by atoms with van der Waals surface area (Å²) < 4.78 is 0. The molecule has 2 heterocycles. The second-order valence-corrected chi connectivity index (χ2v) is 8.29. The summed E-state index contributed by atoms with van der Waals surface area (Å²) in [5.74, 6) is -0.111. The molecule has 1 amide bonds. The molecule has 29 heavy (non-hydrogen) atoms. The van der Waals surface area contributed by atoms with Crippen LogP contribution in [-0.4, -0.2) is 40.1 Å². The highest BCUT2D eigenvalue weighted by Crippen LogP contribution is 2.38. The number of nitrogens with zero attached hydrogens (tertiary/aromatic N) is 2. The van der Waals surface area contributed by atoms with Crippen LogP contribution in [0.25, 0.3) is 22.2 Å². The highest BCUT2D eigenvalue weighted by atomic mass is 35.5. The van der Waals surface area contributed by atoms with Gasteiger partial charge in [-0.05, 0) is 43.5 Å². The summed E-state index contributed by atoms with van der Waals surface area (Å²) in [5.41, 5.74) is 2.38. The number of piperidine rings is 1. The van der Waals surface area contributed by atoms with Crippen LogP contribution in [-0.2, 0) is 0 Å². The lowest BCUT2D eigenvalue weighted by Gasteiger charge is -2.35. The third kappa shape index (κ3) is 3.82. The number of rotatable bonds is 3. The average Bonchev–Trinajstić information content (AvgIpc) is 2.76. The van der Waals surface area contributed by atoms with E-state index in [2.05, 4.69) is 0 Å². The van der Waals surface area contributed by atoms with Crippen LogP contribution in [0, 0.1) is 0 Å². The number of likely N-dealkylation sites (tertiary alicyclic amines) is 1. The van der Waals surface area contributed by atoms with Crippen LogP contribution < -0.4 is 0 Å². The number of halogens is 3. The molecule has 150 valence electrons. The van der Waals surface area contributed by atoms with Crippen molar-refractivity contribution in [2.24, 2.45) is 0 Å². The molecule has 7 heteroatoms. The summed E-state index contributed by atoms with van der Waals surface area (Å²) in [6, 6.07) is 12.5. The first-order valence-corrected chi connectivity index (χ1v) is 10.6. The van der Waals surface area contributed by atoms with Gasteiger partial charge in [-0.25, -0.2) is 4.98 Å². The van der Waals surface area contributed by atoms with Crippen molar-refractivity contribution < 1.29 is 9.90 Å². The summed E-state index contributed by atoms with van der Waals surface area (Å²) in [5, 5.41) is 11.4. The Bertz CT molecular complexity index is 1090. The van der Waals surface area contributed by atoms with Crippen LogP contribution in [0.5, 0.6) is 0 Å². The minimum atomic E-state index is -0.166. The number of benzene rings is 2. The molecule has 1 atom stereocenters. The van der Waals surface area contributed by atoms with E-state index in [1.807, 2.05) is 24.3 Å². The van der Waals surface area contributed by atoms with Crippen LogP contribution in [0.1, 0.15) is 29.6 Å². The third-order valence-corrected chi connectivity index (χ3v) is 6.65. The molecule has 0 spiro atoms. The van der Waals surface area contributed by atoms with E-state index in [1.165, 1.54) is 0 Å². The Kier molecular flexibility index (Phi) is 5.98. The predicted octanol–water partition coefficient (Wildman–Crippen LogP) is 5.85. The molecule has 1 N–H and O–H groups in total. The number of aliphatic hydroxyl groups is 1. The van der Waals surface area contributed by atoms with Crippen LogP contribution >= 0.6 is 34.8 Å². The smallest absolute Gasteiger partial charge is 0.254 e. The van der Waals surface area contributed by atoms with E-state index in [9.17, 15) is 9.90 Å². The van der Waals surface area contributed by atoms with Crippen molar-refractivity contribution in [3.63, 3.8) is 0 Å². The van der Waals surface area contributed by atoms with Crippen molar-refractivity contribution in [3.8, 4) is 11.3 Å². The standard InChI is InChI=1S/C22H19Cl3N2O2/c23-17-9-8-15(20(24)21(17)25)19-11-16(14-6-1-2-7-18(14)26-19)22(29)27-10-4-3-5-13(27)12-28/h1-2,6-9,11,13,28H,3-5,10,12H2/t13-/m0/s1. The van der Waals surface area contributed by atoms with Crippen molar-refractivity contribution in [3.05, 3.63) is 63.1 Å². The largest absolute Gasteiger partial charge is 0.394 e. The van der Waals surface area contributed by atoms with Gasteiger partial charge in [0.1, 0.15) is 0 Å². The van der Waals surface area contributed by atoms with Crippen molar-refractivity contribution in [1.82, 2.24) is 9.88 Å². The highest BCUT2D eigenvalue weighted by Gasteiger charge is 2.28. The third-order valence-electron chi connectivity index (χ3n) is 5.36. The molecule has 1 aliphatic rings. The Morgan fingerprint density at radius 1 is 1.10 bits per heavy atom. The number of hydrogen-bond acceptors (Lipinski definition) is 3. The zero-order valence-corrected chi connectivity index (χ0v) is 17.8. The number of carbonyl (C=O) groups excluding carboxylic acids is 1. The number of carbonyl (C=O) groups is 1. The van der Waals surface area contributed by atoms with Crippen LogP contribution in [0.15, 0.2) is 42.5 Å². The fourth-order valence-corrected chi connectivity index (χ4v) is 4.46. The van der Waals surface area contributed by atoms with Crippen molar-refractivity contribution >= 4 is 51.6 Å². The molecule has 1 fully saturated rings. The van der Waals surface area contributed by atoms with E-state index in [1.54, 1.807) is 23.1 Å². The first-order valence-electron chi connectivity index (χ1n) is 9.46. The SMILES string of the molecule is O=C(c1cc(-c2ccc(Cl)c(Cl)c2Cl)nc2ccccc12)N1CCCC[C@H]1CO. The lowest BCUT2D eigenvalue weighted by atomic mass is 9.99. The second kappa shape index (κ2) is 8.49. The maximum atomic E-state index is 13.5. The summed E-state index contributed by atoms with van der Waals surface area (Å²) in [6.45, 7) is 0.587. The zero-order chi connectivity index (χ0) is 20.5. The van der Waals surface area contributed by atoms with E-state index in [-0.39, 0.29) is 23.6 Å². The van der Waals surface area contributed by atoms with Crippen LogP contribution in [0.3, 0.4) is 0 Å². The predicted molar refractivity (Wildman–Crippen MR) is 118 cm³/mol. The molecule has 0 saturated carbocycles. The summed E-state index contributed by atoms with van der Waals surface area (Å²) in [7, 11) is 0. The van der Waals surface area contributed by atoms with Gasteiger partial charge in [-0.1, -0.05) is 53.0 Å². The van der Waals surface area contributed by atoms with E-state index >= 15 is 0 Å². The zero-order valence-electron chi connectivity index (χ0n) is 15.5. The molecule has 1 saturated heterocycles. The van der Waals surface area contributed by atoms with Crippen LogP contribution in [0.2, 0.25) is 15.1 Å². The van der Waals surface area contributed by atoms with Gasteiger partial charge in [0.25, 0.3) is 5.91 Å². The van der Waals surface area contributed by atoms with Gasteiger partial charge < -0.3 is 10.0 Å². The fraction of sp³-hybridized carbons (Fsp3) is 0.273. The average molecular weight is 450 g/mol. The molecule has 0 bridgehead atoms. The van der Waals surface area contributed by atoms with Gasteiger partial charge in [0.2, 0.25) is 0 Å². The summed E-state index contributed by atoms with van der Waals surface area (Å²) in [6.07, 6.45) is 2.74. The Hall–Kier alpha value is -1.85. The second-order valence-electron chi connectivity index (χ2n) is 7.13. The number of pyridine rings is 1. The van der Waals surface area contributed by atoms with E-state index in [4.69, 9.17) is 39.8 Å². The van der Waals surface area contributed by atoms with E-state index in [0.29, 0.717) is 38.9 Å². The number of aliphatic hydroxyl groups excluding tert-OH is 1. The van der Waals surface area contributed by atoms with Crippen molar-refractivity contribution in [2.75, 3.05) is 13.2 Å². The Labute approximate surface area is 184 Å². The number of aromatic nitrogens is 1. The topological polar surface area (TPSA) is 53.4 Å². The van der Waals surface area contributed by atoms with Gasteiger partial charge in [0, 0.05) is 17.5 Å². The van der Waals surface area contributed by atoms with Gasteiger partial charge >= 0.3 is 0 Å². The molecular formula is C22H19Cl3N2O2. The Morgan fingerprint density at radius 2 is 1.90 bits per heavy atom. The van der Waals surface area contributed by atoms with E-state index in [0.717, 1.165) is 24.6 Å². The minimum absolute atomic E-state index is 0.0414. The Balaban J connectivity index is 1.88. The molecule has 2 aromatic carbocycles. The number of amides is 1. The van der Waals surface area contributed by atoms with Gasteiger partial charge in [-0.3, -0.25) is 4.79 Å². The maximum absolute atomic E-state index is 13.5. The molecule has 1 aromatic heterocycles. The lowest BCUT2D eigenvalue weighted by Crippen LogP contribution is -2.45. The number of hydrogen-bond donors (Lipinski definition) is 1. The highest BCUT2D eigenvalue weighted by molar-refractivity contribution is 6.49. The monoisotopic (exact) mass is 448 g/mol. The van der Waals surface area contributed by atoms with Gasteiger partial charge in [0.15, 0.2) is 0 Å². The molecule has 4 rings (SSSR count). The number of para-hydroxylation sites is 1. The fourth-order valence-electron chi connectivity index (χ4n) is 3.83.